The molecule has 0 spiro atoms. The van der Waals surface area contributed by atoms with Crippen LogP contribution in [0.2, 0.25) is 0 Å². The van der Waals surface area contributed by atoms with Crippen LogP contribution in [0.25, 0.3) is 0 Å². The third-order valence-corrected chi connectivity index (χ3v) is 2.87. The van der Waals surface area contributed by atoms with Gasteiger partial charge < -0.3 is 9.64 Å². The molecule has 0 unspecified atom stereocenters. The Morgan fingerprint density at radius 1 is 1.14 bits per heavy atom. The average molecular weight is 288 g/mol. The molecule has 0 heterocycles. The van der Waals surface area contributed by atoms with Crippen molar-refractivity contribution in [3.05, 3.63) is 35.4 Å². The number of hydrogen-bond acceptors (Lipinski definition) is 5. The fraction of sp³-hybridized carbons (Fsp3) is 0.333. The van der Waals surface area contributed by atoms with E-state index in [9.17, 15) is 14.4 Å². The highest BCUT2D eigenvalue weighted by Gasteiger charge is 2.21. The number of ether oxygens (including phenoxy) is 1. The van der Waals surface area contributed by atoms with Crippen LogP contribution in [0.15, 0.2) is 24.3 Å². The Labute approximate surface area is 122 Å². The average Bonchev–Trinajstić information content (AvgIpc) is 2.53. The van der Waals surface area contributed by atoms with Gasteiger partial charge in [0.25, 0.3) is 11.7 Å². The molecule has 0 bridgehead atoms. The van der Waals surface area contributed by atoms with E-state index in [2.05, 4.69) is 0 Å². The first-order chi connectivity index (χ1) is 10.0. The van der Waals surface area contributed by atoms with Crippen LogP contribution in [0.1, 0.15) is 29.8 Å². The molecule has 0 fully saturated rings. The van der Waals surface area contributed by atoms with Gasteiger partial charge in [0.1, 0.15) is 0 Å². The summed E-state index contributed by atoms with van der Waals surface area (Å²) in [5.41, 5.74) is 0.636. The normalized spacial score (nSPS) is 9.57. The minimum atomic E-state index is -0.763. The predicted octanol–water partition coefficient (Wildman–Crippen LogP) is 1.15. The van der Waals surface area contributed by atoms with E-state index in [0.717, 1.165) is 0 Å². The number of esters is 1. The fourth-order valence-electron chi connectivity index (χ4n) is 1.64. The van der Waals surface area contributed by atoms with Crippen LogP contribution in [-0.2, 0) is 14.3 Å². The molecule has 1 aromatic carbocycles. The van der Waals surface area contributed by atoms with E-state index >= 15 is 0 Å². The lowest BCUT2D eigenvalue weighted by Crippen LogP contribution is -2.38. The van der Waals surface area contributed by atoms with Gasteiger partial charge >= 0.3 is 5.97 Å². The highest BCUT2D eigenvalue weighted by Crippen LogP contribution is 2.05. The predicted molar refractivity (Wildman–Crippen MR) is 74.4 cm³/mol. The van der Waals surface area contributed by atoms with Gasteiger partial charge in [0.2, 0.25) is 0 Å². The summed E-state index contributed by atoms with van der Waals surface area (Å²) in [4.78, 5) is 36.4. The lowest BCUT2D eigenvalue weighted by molar-refractivity contribution is -0.145. The number of likely N-dealkylation sites (N-methyl/N-ethyl adjacent to an activating group) is 1. The van der Waals surface area contributed by atoms with E-state index in [-0.39, 0.29) is 5.56 Å². The summed E-state index contributed by atoms with van der Waals surface area (Å²) in [6.45, 7) is 3.78. The Bertz CT molecular complexity index is 568. The van der Waals surface area contributed by atoms with Gasteiger partial charge in [0, 0.05) is 13.1 Å². The monoisotopic (exact) mass is 288 g/mol. The molecule has 1 amide bonds. The van der Waals surface area contributed by atoms with Gasteiger partial charge in [-0.3, -0.25) is 9.59 Å². The van der Waals surface area contributed by atoms with Crippen molar-refractivity contribution in [2.45, 2.75) is 13.8 Å². The van der Waals surface area contributed by atoms with E-state index in [1.165, 1.54) is 29.2 Å². The SMILES string of the molecule is CCN(CC)C(=O)C(=O)COC(=O)c1ccc(C#N)cc1. The number of ketones is 1. The highest BCUT2D eigenvalue weighted by molar-refractivity contribution is 6.36. The molecule has 6 heteroatoms. The molecular weight excluding hydrogens is 272 g/mol. The van der Waals surface area contributed by atoms with Crippen molar-refractivity contribution in [3.63, 3.8) is 0 Å². The molecule has 0 aliphatic rings. The van der Waals surface area contributed by atoms with Crippen molar-refractivity contribution in [3.8, 4) is 6.07 Å². The van der Waals surface area contributed by atoms with E-state index in [1.807, 2.05) is 6.07 Å². The third-order valence-electron chi connectivity index (χ3n) is 2.87. The van der Waals surface area contributed by atoms with Crippen LogP contribution in [0.4, 0.5) is 0 Å². The van der Waals surface area contributed by atoms with Crippen molar-refractivity contribution < 1.29 is 19.1 Å². The van der Waals surface area contributed by atoms with Gasteiger partial charge in [-0.05, 0) is 38.1 Å². The first-order valence-electron chi connectivity index (χ1n) is 6.52. The van der Waals surface area contributed by atoms with Gasteiger partial charge in [-0.15, -0.1) is 0 Å². The smallest absolute Gasteiger partial charge is 0.338 e. The maximum atomic E-state index is 11.7. The van der Waals surface area contributed by atoms with Gasteiger partial charge in [0.15, 0.2) is 6.61 Å². The fourth-order valence-corrected chi connectivity index (χ4v) is 1.64. The largest absolute Gasteiger partial charge is 0.453 e. The van der Waals surface area contributed by atoms with Crippen LogP contribution in [-0.4, -0.2) is 42.3 Å². The Balaban J connectivity index is 2.58. The van der Waals surface area contributed by atoms with Crippen LogP contribution in [0, 0.1) is 11.3 Å². The number of hydrogen-bond donors (Lipinski definition) is 0. The maximum Gasteiger partial charge on any atom is 0.338 e. The van der Waals surface area contributed by atoms with Gasteiger partial charge in [-0.2, -0.15) is 5.26 Å². The Morgan fingerprint density at radius 2 is 1.71 bits per heavy atom. The topological polar surface area (TPSA) is 87.5 Å². The number of benzene rings is 1. The van der Waals surface area contributed by atoms with Crippen LogP contribution >= 0.6 is 0 Å². The van der Waals surface area contributed by atoms with Crippen LogP contribution in [0.5, 0.6) is 0 Å². The summed E-state index contributed by atoms with van der Waals surface area (Å²) in [7, 11) is 0. The van der Waals surface area contributed by atoms with E-state index in [1.54, 1.807) is 13.8 Å². The lowest BCUT2D eigenvalue weighted by atomic mass is 10.1. The second-order valence-corrected chi connectivity index (χ2v) is 4.17. The minimum Gasteiger partial charge on any atom is -0.453 e. The molecule has 0 aliphatic heterocycles. The molecule has 0 aliphatic carbocycles. The molecule has 0 saturated heterocycles. The number of nitrogens with zero attached hydrogens (tertiary/aromatic N) is 2. The Morgan fingerprint density at radius 3 is 2.19 bits per heavy atom. The molecule has 1 rings (SSSR count). The Hall–Kier alpha value is -2.68. The number of carbonyl (C=O) groups is 3. The maximum absolute atomic E-state index is 11.7. The summed E-state index contributed by atoms with van der Waals surface area (Å²) >= 11 is 0. The third kappa shape index (κ3) is 4.42. The molecule has 0 atom stereocenters. The van der Waals surface area contributed by atoms with Crippen molar-refractivity contribution in [2.24, 2.45) is 0 Å². The summed E-state index contributed by atoms with van der Waals surface area (Å²) < 4.78 is 4.80. The first kappa shape index (κ1) is 16.4. The molecule has 1 aromatic rings. The number of nitriles is 1. The van der Waals surface area contributed by atoms with E-state index in [4.69, 9.17) is 10.00 Å². The molecule has 0 aromatic heterocycles. The van der Waals surface area contributed by atoms with Gasteiger partial charge in [-0.25, -0.2) is 4.79 Å². The lowest BCUT2D eigenvalue weighted by Gasteiger charge is -2.17. The van der Waals surface area contributed by atoms with Gasteiger partial charge in [-0.1, -0.05) is 0 Å². The summed E-state index contributed by atoms with van der Waals surface area (Å²) in [6, 6.07) is 7.73. The van der Waals surface area contributed by atoms with Crippen molar-refractivity contribution >= 4 is 17.7 Å². The van der Waals surface area contributed by atoms with Crippen molar-refractivity contribution in [1.29, 1.82) is 5.26 Å². The van der Waals surface area contributed by atoms with E-state index < -0.39 is 24.3 Å². The molecular formula is C15H16N2O4. The number of amides is 1. The quantitative estimate of drug-likeness (QED) is 0.579. The molecule has 21 heavy (non-hydrogen) atoms. The first-order valence-corrected chi connectivity index (χ1v) is 6.52. The van der Waals surface area contributed by atoms with Gasteiger partial charge in [0.05, 0.1) is 17.2 Å². The molecule has 110 valence electrons. The number of Topliss-reactive ketones (excluding diaryl/α,β-unsaturated/α-hetero) is 1. The summed E-state index contributed by atoms with van der Waals surface area (Å²) in [5.74, 6) is -2.13. The Kier molecular flexibility index (Phi) is 6.08. The van der Waals surface area contributed by atoms with E-state index in [0.29, 0.717) is 18.7 Å². The van der Waals surface area contributed by atoms with Crippen molar-refractivity contribution in [2.75, 3.05) is 19.7 Å². The van der Waals surface area contributed by atoms with Crippen molar-refractivity contribution in [1.82, 2.24) is 4.90 Å². The molecule has 0 saturated carbocycles. The zero-order valence-corrected chi connectivity index (χ0v) is 12.0. The second-order valence-electron chi connectivity index (χ2n) is 4.17. The minimum absolute atomic E-state index is 0.220. The second kappa shape index (κ2) is 7.80. The molecule has 0 radical (unpaired) electrons. The van der Waals surface area contributed by atoms with Crippen LogP contribution < -0.4 is 0 Å². The number of rotatable bonds is 6. The zero-order chi connectivity index (χ0) is 15.8. The standard InChI is InChI=1S/C15H16N2O4/c1-3-17(4-2)14(19)13(18)10-21-15(20)12-7-5-11(9-16)6-8-12/h5-8H,3-4,10H2,1-2H3. The summed E-state index contributed by atoms with van der Waals surface area (Å²) in [6.07, 6.45) is 0. The zero-order valence-electron chi connectivity index (χ0n) is 12.0. The number of carbonyl (C=O) groups excluding carboxylic acids is 3. The molecule has 6 nitrogen and oxygen atoms in total. The van der Waals surface area contributed by atoms with Crippen LogP contribution in [0.3, 0.4) is 0 Å². The molecule has 0 N–H and O–H groups in total. The summed E-state index contributed by atoms with van der Waals surface area (Å²) in [5, 5.41) is 8.65. The highest BCUT2D eigenvalue weighted by atomic mass is 16.5.